The van der Waals surface area contributed by atoms with Crippen molar-refractivity contribution in [3.63, 3.8) is 0 Å². The van der Waals surface area contributed by atoms with E-state index in [0.29, 0.717) is 43.3 Å². The molecular formula is C49H75NO13. The number of fused-ring (bicyclic) bond motifs is 2. The van der Waals surface area contributed by atoms with E-state index in [1.165, 1.54) is 0 Å². The minimum absolute atomic E-state index is 0.0411. The number of ether oxygens (including phenoxy) is 10. The minimum atomic E-state index is -1.83. The molecule has 4 saturated heterocycles. The van der Waals surface area contributed by atoms with Gasteiger partial charge in [-0.05, 0) is 69.9 Å². The Morgan fingerprint density at radius 3 is 2.35 bits per heavy atom. The topological polar surface area (TPSA) is 162 Å². The highest BCUT2D eigenvalue weighted by Gasteiger charge is 2.60. The number of allylic oxidation sites excluding steroid dienone is 2. The van der Waals surface area contributed by atoms with Gasteiger partial charge in [-0.1, -0.05) is 70.6 Å². The van der Waals surface area contributed by atoms with Crippen molar-refractivity contribution in [2.24, 2.45) is 23.7 Å². The molecule has 0 aromatic rings. The Morgan fingerprint density at radius 1 is 0.921 bits per heavy atom. The fraction of sp³-hybridized carbons (Fsp3) is 0.776. The summed E-state index contributed by atoms with van der Waals surface area (Å²) in [6.07, 6.45) is 10.7. The van der Waals surface area contributed by atoms with Gasteiger partial charge in [-0.3, -0.25) is 4.79 Å². The molecule has 1 aliphatic carbocycles. The first-order valence-electron chi connectivity index (χ1n) is 23.4. The second-order valence-corrected chi connectivity index (χ2v) is 19.3. The molecule has 0 saturated carbocycles. The number of carbonyl (C=O) groups is 1. The number of esters is 1. The van der Waals surface area contributed by atoms with E-state index in [4.69, 9.17) is 47.4 Å². The summed E-state index contributed by atoms with van der Waals surface area (Å²) in [6.45, 7) is 16.4. The van der Waals surface area contributed by atoms with Crippen LogP contribution in [-0.2, 0) is 52.2 Å². The predicted molar refractivity (Wildman–Crippen MR) is 234 cm³/mol. The van der Waals surface area contributed by atoms with E-state index in [0.717, 1.165) is 12.0 Å². The summed E-state index contributed by atoms with van der Waals surface area (Å²) in [5.74, 6) is -2.51. The fourth-order valence-electron chi connectivity index (χ4n) is 11.0. The van der Waals surface area contributed by atoms with Crippen LogP contribution in [0.2, 0.25) is 0 Å². The van der Waals surface area contributed by atoms with Crippen LogP contribution >= 0.6 is 0 Å². The molecule has 6 aliphatic heterocycles. The van der Waals surface area contributed by atoms with E-state index in [2.05, 4.69) is 52.1 Å². The Morgan fingerprint density at radius 2 is 1.63 bits per heavy atom. The number of carbonyl (C=O) groups excluding carboxylic acids is 1. The van der Waals surface area contributed by atoms with Crippen LogP contribution in [0.25, 0.3) is 0 Å². The summed E-state index contributed by atoms with van der Waals surface area (Å²) < 4.78 is 64.6. The molecule has 20 atom stereocenters. The Labute approximate surface area is 374 Å². The highest BCUT2D eigenvalue weighted by atomic mass is 16.7. The number of aliphatic hydroxyl groups excluding tert-OH is 1. The number of aliphatic hydroxyl groups is 2. The Hall–Kier alpha value is -2.31. The lowest BCUT2D eigenvalue weighted by Crippen LogP contribution is -2.58. The van der Waals surface area contributed by atoms with Crippen LogP contribution in [0.3, 0.4) is 0 Å². The number of methoxy groups -OCH3 is 2. The van der Waals surface area contributed by atoms with Gasteiger partial charge in [0.2, 0.25) is 0 Å². The van der Waals surface area contributed by atoms with Gasteiger partial charge in [-0.15, -0.1) is 0 Å². The molecule has 0 amide bonds. The van der Waals surface area contributed by atoms with Crippen molar-refractivity contribution in [1.82, 2.24) is 5.32 Å². The SMILES string of the molecule is CC[C@H](C)C1O[C@]2(C=C[C@@H]1C)C[C@@H]1C[C@@H](C/C=C(\C)[C@@H](O[C@H]3C[C@H](OC)[C@@H](O[C@H]4C[C@H](OC)[C@H](NC)[C@H](C)O4)[C@H](C)O3)[C@@H](C)/C=C/C=C3CO[C@@H]4[C@H](O)C(C)=C[C@@H](C(=O)O1)[C@]34O)O2. The smallest absolute Gasteiger partial charge is 0.316 e. The molecule has 6 heterocycles. The molecule has 63 heavy (non-hydrogen) atoms. The third-order valence-electron chi connectivity index (χ3n) is 14.9. The summed E-state index contributed by atoms with van der Waals surface area (Å²) in [7, 11) is 5.30. The second kappa shape index (κ2) is 20.3. The van der Waals surface area contributed by atoms with Gasteiger partial charge in [-0.25, -0.2) is 0 Å². The molecule has 354 valence electrons. The highest BCUT2D eigenvalue weighted by Crippen LogP contribution is 2.47. The molecule has 0 aromatic carbocycles. The van der Waals surface area contributed by atoms with Crippen LogP contribution < -0.4 is 5.32 Å². The van der Waals surface area contributed by atoms with E-state index in [9.17, 15) is 15.0 Å². The monoisotopic (exact) mass is 886 g/mol. The van der Waals surface area contributed by atoms with Crippen molar-refractivity contribution in [1.29, 1.82) is 0 Å². The van der Waals surface area contributed by atoms with Gasteiger partial charge in [0.25, 0.3) is 0 Å². The lowest BCUT2D eigenvalue weighted by molar-refractivity contribution is -0.312. The van der Waals surface area contributed by atoms with Gasteiger partial charge in [0, 0.05) is 51.7 Å². The zero-order chi connectivity index (χ0) is 45.4. The predicted octanol–water partition coefficient (Wildman–Crippen LogP) is 5.60. The summed E-state index contributed by atoms with van der Waals surface area (Å²) in [5.41, 5.74) is 0.180. The number of rotatable bonds is 9. The molecule has 7 rings (SSSR count). The quantitative estimate of drug-likeness (QED) is 0.194. The number of likely N-dealkylation sites (N-methyl/N-ethyl adjacent to an activating group) is 1. The van der Waals surface area contributed by atoms with Gasteiger partial charge in [0.1, 0.15) is 35.9 Å². The normalized spacial score (nSPS) is 47.7. The molecule has 0 radical (unpaired) electrons. The maximum atomic E-state index is 14.4. The first-order valence-corrected chi connectivity index (χ1v) is 23.4. The maximum Gasteiger partial charge on any atom is 0.316 e. The summed E-state index contributed by atoms with van der Waals surface area (Å²) in [6, 6.07) is 0.0442. The highest BCUT2D eigenvalue weighted by molar-refractivity contribution is 5.78. The van der Waals surface area contributed by atoms with E-state index in [1.54, 1.807) is 33.3 Å². The number of hydrogen-bond acceptors (Lipinski definition) is 14. The largest absolute Gasteiger partial charge is 0.462 e. The Bertz CT molecular complexity index is 1750. The number of nitrogens with one attached hydrogen (secondary N) is 1. The molecule has 1 unspecified atom stereocenters. The minimum Gasteiger partial charge on any atom is -0.462 e. The summed E-state index contributed by atoms with van der Waals surface area (Å²) >= 11 is 0. The molecule has 1 spiro atoms. The van der Waals surface area contributed by atoms with Gasteiger partial charge >= 0.3 is 5.97 Å². The van der Waals surface area contributed by atoms with E-state index in [1.807, 2.05) is 39.1 Å². The van der Waals surface area contributed by atoms with E-state index in [-0.39, 0.29) is 67.0 Å². The van der Waals surface area contributed by atoms with Crippen molar-refractivity contribution >= 4 is 5.97 Å². The third kappa shape index (κ3) is 10.0. The van der Waals surface area contributed by atoms with Crippen molar-refractivity contribution in [2.45, 2.75) is 191 Å². The molecule has 3 N–H and O–H groups in total. The molecule has 0 aromatic heterocycles. The van der Waals surface area contributed by atoms with Gasteiger partial charge in [-0.2, -0.15) is 0 Å². The molecule has 14 nitrogen and oxygen atoms in total. The summed E-state index contributed by atoms with van der Waals surface area (Å²) in [4.78, 5) is 14.4. The molecule has 2 bridgehead atoms. The van der Waals surface area contributed by atoms with Crippen molar-refractivity contribution in [3.05, 3.63) is 59.3 Å². The van der Waals surface area contributed by atoms with Crippen LogP contribution in [-0.4, -0.2) is 141 Å². The van der Waals surface area contributed by atoms with Gasteiger partial charge in [0.15, 0.2) is 18.4 Å². The van der Waals surface area contributed by atoms with Crippen molar-refractivity contribution in [2.75, 3.05) is 27.9 Å². The van der Waals surface area contributed by atoms with E-state index >= 15 is 0 Å². The number of hydrogen-bond donors (Lipinski definition) is 3. The summed E-state index contributed by atoms with van der Waals surface area (Å²) in [5, 5.41) is 27.1. The van der Waals surface area contributed by atoms with Crippen LogP contribution in [0, 0.1) is 23.7 Å². The van der Waals surface area contributed by atoms with Crippen LogP contribution in [0.4, 0.5) is 0 Å². The van der Waals surface area contributed by atoms with Gasteiger partial charge in [0.05, 0.1) is 55.4 Å². The lowest BCUT2D eigenvalue weighted by atomic mass is 9.71. The Kier molecular flexibility index (Phi) is 15.7. The second-order valence-electron chi connectivity index (χ2n) is 19.3. The van der Waals surface area contributed by atoms with Crippen LogP contribution in [0.15, 0.2) is 59.3 Å². The van der Waals surface area contributed by atoms with Crippen LogP contribution in [0.1, 0.15) is 93.9 Å². The average Bonchev–Trinajstić information content (AvgIpc) is 3.60. The Balaban J connectivity index is 1.18. The fourth-order valence-corrected chi connectivity index (χ4v) is 11.0. The lowest BCUT2D eigenvalue weighted by Gasteiger charge is -2.48. The van der Waals surface area contributed by atoms with Crippen molar-refractivity contribution in [3.8, 4) is 0 Å². The zero-order valence-corrected chi connectivity index (χ0v) is 39.3. The average molecular weight is 886 g/mol. The zero-order valence-electron chi connectivity index (χ0n) is 39.3. The maximum absolute atomic E-state index is 14.4. The first-order chi connectivity index (χ1) is 30.0. The molecule has 4 fully saturated rings. The van der Waals surface area contributed by atoms with Crippen molar-refractivity contribution < 1.29 is 62.4 Å². The third-order valence-corrected chi connectivity index (χ3v) is 14.9. The molecular weight excluding hydrogens is 811 g/mol. The van der Waals surface area contributed by atoms with Crippen LogP contribution in [0.5, 0.6) is 0 Å². The molecule has 7 aliphatic rings. The first kappa shape index (κ1) is 48.6. The van der Waals surface area contributed by atoms with Gasteiger partial charge < -0.3 is 62.9 Å². The molecule has 14 heteroatoms. The standard InChI is InChI=1S/C49H75NO13/c1-12-26(2)44-29(5)18-19-48(63-44)24-35-21-34(62-48)17-16-28(4)43(27(3)14-13-15-33-25-56-46-42(51)30(6)20-36(47(52)59-35)49(33,46)53)60-40-23-38(55-11)45(32(8)58-40)61-39-22-37(54-10)41(50-9)31(7)57-39/h13-16,18-20,26-27,29,31-32,34-46,50-51,53H,12,17,21-25H2,1-11H3/b14-13+,28-16+,33-15?/t26-,27-,29-,31-,32-,34+,35-,36-,37-,38-,39-,40-,41+,42+,43-,44?,45-,46+,48+,49+/m0/s1. The van der Waals surface area contributed by atoms with E-state index < -0.39 is 66.4 Å².